The number of rotatable bonds is 4. The number of methoxy groups -OCH3 is 1. The van der Waals surface area contributed by atoms with Crippen molar-refractivity contribution in [1.82, 2.24) is 4.98 Å². The van der Waals surface area contributed by atoms with Crippen LogP contribution < -0.4 is 11.1 Å². The summed E-state index contributed by atoms with van der Waals surface area (Å²) in [6.07, 6.45) is 1.67. The molecule has 0 saturated heterocycles. The molecule has 1 aromatic rings. The van der Waals surface area contributed by atoms with Crippen molar-refractivity contribution < 1.29 is 14.6 Å². The fourth-order valence-electron chi connectivity index (χ4n) is 0.854. The van der Waals surface area contributed by atoms with Gasteiger partial charge in [0.15, 0.2) is 0 Å². The molecule has 0 aromatic carbocycles. The Morgan fingerprint density at radius 1 is 1.65 bits per heavy atom. The molecule has 6 heteroatoms. The molecular formula is C11H17N3O3. The fourth-order valence-corrected chi connectivity index (χ4v) is 0.854. The van der Waals surface area contributed by atoms with Gasteiger partial charge in [0.25, 0.3) is 6.47 Å². The summed E-state index contributed by atoms with van der Waals surface area (Å²) in [7, 11) is 1.31. The van der Waals surface area contributed by atoms with Gasteiger partial charge >= 0.3 is 0 Å². The van der Waals surface area contributed by atoms with E-state index in [4.69, 9.17) is 15.6 Å². The molecular weight excluding hydrogens is 222 g/mol. The van der Waals surface area contributed by atoms with E-state index >= 15 is 0 Å². The van der Waals surface area contributed by atoms with Crippen LogP contribution in [-0.2, 0) is 9.53 Å². The van der Waals surface area contributed by atoms with Crippen LogP contribution in [0.1, 0.15) is 6.92 Å². The summed E-state index contributed by atoms with van der Waals surface area (Å²) in [5.74, 6) is 0.677. The molecule has 94 valence electrons. The molecule has 0 spiro atoms. The molecule has 0 aliphatic heterocycles. The predicted molar refractivity (Wildman–Crippen MR) is 64.9 cm³/mol. The minimum absolute atomic E-state index is 0.112. The van der Waals surface area contributed by atoms with E-state index in [1.807, 2.05) is 12.1 Å². The lowest BCUT2D eigenvalue weighted by Crippen LogP contribution is -2.11. The summed E-state index contributed by atoms with van der Waals surface area (Å²) in [6, 6.07) is 5.48. The van der Waals surface area contributed by atoms with Gasteiger partial charge in [-0.1, -0.05) is 6.07 Å². The van der Waals surface area contributed by atoms with Crippen molar-refractivity contribution in [3.05, 3.63) is 35.8 Å². The zero-order valence-corrected chi connectivity index (χ0v) is 9.88. The molecule has 0 radical (unpaired) electrons. The molecule has 0 atom stereocenters. The maximum Gasteiger partial charge on any atom is 0.292 e. The zero-order valence-electron chi connectivity index (χ0n) is 9.88. The average molecular weight is 239 g/mol. The molecule has 0 aliphatic rings. The van der Waals surface area contributed by atoms with Crippen molar-refractivity contribution in [3.63, 3.8) is 0 Å². The van der Waals surface area contributed by atoms with Crippen molar-refractivity contribution >= 4 is 12.3 Å². The van der Waals surface area contributed by atoms with Crippen LogP contribution >= 0.6 is 0 Å². The smallest absolute Gasteiger partial charge is 0.292 e. The second-order valence-corrected chi connectivity index (χ2v) is 2.99. The molecule has 0 bridgehead atoms. The van der Waals surface area contributed by atoms with Gasteiger partial charge in [-0.15, -0.1) is 0 Å². The Morgan fingerprint density at radius 2 is 2.29 bits per heavy atom. The van der Waals surface area contributed by atoms with Gasteiger partial charge in [0.05, 0.1) is 19.4 Å². The van der Waals surface area contributed by atoms with E-state index in [-0.39, 0.29) is 6.61 Å². The predicted octanol–water partition coefficient (Wildman–Crippen LogP) is 0.465. The summed E-state index contributed by atoms with van der Waals surface area (Å²) < 4.78 is 3.86. The van der Waals surface area contributed by atoms with Gasteiger partial charge in [-0.25, -0.2) is 4.98 Å². The van der Waals surface area contributed by atoms with Crippen molar-refractivity contribution in [1.29, 1.82) is 0 Å². The molecule has 17 heavy (non-hydrogen) atoms. The Kier molecular flexibility index (Phi) is 8.05. The van der Waals surface area contributed by atoms with Crippen LogP contribution in [-0.4, -0.2) is 30.3 Å². The first-order valence-electron chi connectivity index (χ1n) is 4.86. The number of aromatic nitrogens is 1. The summed E-state index contributed by atoms with van der Waals surface area (Å²) in [6.45, 7) is 1.99. The lowest BCUT2D eigenvalue weighted by Gasteiger charge is -2.08. The third-order valence-electron chi connectivity index (χ3n) is 1.67. The normalized spacial score (nSPS) is 10.5. The molecule has 0 aliphatic carbocycles. The number of aliphatic hydroxyl groups excluding tert-OH is 1. The van der Waals surface area contributed by atoms with Crippen LogP contribution in [0.4, 0.5) is 5.82 Å². The first kappa shape index (κ1) is 14.9. The maximum atomic E-state index is 8.95. The van der Waals surface area contributed by atoms with Gasteiger partial charge in [0.1, 0.15) is 5.82 Å². The van der Waals surface area contributed by atoms with E-state index < -0.39 is 0 Å². The van der Waals surface area contributed by atoms with E-state index in [0.29, 0.717) is 23.7 Å². The lowest BCUT2D eigenvalue weighted by atomic mass is 10.3. The quantitative estimate of drug-likeness (QED) is 0.661. The fraction of sp³-hybridized carbons (Fsp3) is 0.273. The molecule has 1 aromatic heterocycles. The third kappa shape index (κ3) is 6.91. The van der Waals surface area contributed by atoms with Crippen LogP contribution in [0.5, 0.6) is 0 Å². The van der Waals surface area contributed by atoms with Gasteiger partial charge < -0.3 is 20.9 Å². The van der Waals surface area contributed by atoms with Crippen LogP contribution in [0.15, 0.2) is 35.8 Å². The number of allylic oxidation sites excluding steroid dienone is 1. The molecule has 4 N–H and O–H groups in total. The average Bonchev–Trinajstić information content (AvgIpc) is 2.37. The first-order valence-corrected chi connectivity index (χ1v) is 4.86. The Bertz CT molecular complexity index is 348. The first-order chi connectivity index (χ1) is 8.15. The summed E-state index contributed by atoms with van der Waals surface area (Å²) in [5, 5.41) is 11.9. The molecule has 0 fully saturated rings. The van der Waals surface area contributed by atoms with Gasteiger partial charge in [0, 0.05) is 11.9 Å². The summed E-state index contributed by atoms with van der Waals surface area (Å²) in [5.41, 5.74) is 6.67. The SMILES string of the molecule is C/C(N)=C(\CO)Nc1ccccn1.COC=O. The maximum absolute atomic E-state index is 8.95. The number of hydrogen-bond acceptors (Lipinski definition) is 6. The third-order valence-corrected chi connectivity index (χ3v) is 1.67. The number of hydrogen-bond donors (Lipinski definition) is 3. The zero-order chi connectivity index (χ0) is 13.1. The number of pyridine rings is 1. The highest BCUT2D eigenvalue weighted by Crippen LogP contribution is 2.05. The van der Waals surface area contributed by atoms with Crippen molar-refractivity contribution in [2.45, 2.75) is 6.92 Å². The number of anilines is 1. The van der Waals surface area contributed by atoms with Crippen LogP contribution in [0.2, 0.25) is 0 Å². The van der Waals surface area contributed by atoms with Crippen molar-refractivity contribution in [2.24, 2.45) is 5.73 Å². The minimum Gasteiger partial charge on any atom is -0.471 e. The number of carbonyl (C=O) groups is 1. The van der Waals surface area contributed by atoms with Crippen LogP contribution in [0.3, 0.4) is 0 Å². The second kappa shape index (κ2) is 9.17. The summed E-state index contributed by atoms with van der Waals surface area (Å²) >= 11 is 0. The number of nitrogens with two attached hydrogens (primary N) is 1. The highest BCUT2D eigenvalue weighted by Gasteiger charge is 1.98. The number of nitrogens with zero attached hydrogens (tertiary/aromatic N) is 1. The highest BCUT2D eigenvalue weighted by atomic mass is 16.5. The summed E-state index contributed by atoms with van der Waals surface area (Å²) in [4.78, 5) is 13.0. The number of carbonyl (C=O) groups excluding carboxylic acids is 1. The second-order valence-electron chi connectivity index (χ2n) is 2.99. The van der Waals surface area contributed by atoms with Gasteiger partial charge in [-0.3, -0.25) is 4.79 Å². The van der Waals surface area contributed by atoms with Crippen LogP contribution in [0.25, 0.3) is 0 Å². The van der Waals surface area contributed by atoms with E-state index in [1.54, 1.807) is 19.2 Å². The standard InChI is InChI=1S/C9H13N3O.C2H4O2/c1-7(10)8(6-13)12-9-4-2-3-5-11-9;1-4-2-3/h2-5,13H,6,10H2,1H3,(H,11,12);2H,1H3/b8-7-;. The Morgan fingerprint density at radius 3 is 2.65 bits per heavy atom. The van der Waals surface area contributed by atoms with E-state index in [2.05, 4.69) is 15.0 Å². The molecule has 1 rings (SSSR count). The van der Waals surface area contributed by atoms with Crippen LogP contribution in [0, 0.1) is 0 Å². The Hall–Kier alpha value is -2.08. The Labute approximate surface area is 100 Å². The molecule has 6 nitrogen and oxygen atoms in total. The molecule has 0 unspecified atom stereocenters. The van der Waals surface area contributed by atoms with Gasteiger partial charge in [-0.05, 0) is 19.1 Å². The van der Waals surface area contributed by atoms with Crippen molar-refractivity contribution in [2.75, 3.05) is 19.0 Å². The van der Waals surface area contributed by atoms with E-state index in [1.165, 1.54) is 7.11 Å². The largest absolute Gasteiger partial charge is 0.471 e. The molecule has 0 amide bonds. The monoisotopic (exact) mass is 239 g/mol. The van der Waals surface area contributed by atoms with Gasteiger partial charge in [0.2, 0.25) is 0 Å². The van der Waals surface area contributed by atoms with Crippen molar-refractivity contribution in [3.8, 4) is 0 Å². The lowest BCUT2D eigenvalue weighted by molar-refractivity contribution is -0.126. The van der Waals surface area contributed by atoms with Gasteiger partial charge in [-0.2, -0.15) is 0 Å². The van der Waals surface area contributed by atoms with E-state index in [9.17, 15) is 0 Å². The number of ether oxygens (including phenoxy) is 1. The Balaban J connectivity index is 0.000000557. The topological polar surface area (TPSA) is 97.5 Å². The molecule has 0 saturated carbocycles. The molecule has 1 heterocycles. The number of aliphatic hydroxyl groups is 1. The number of nitrogens with one attached hydrogen (secondary N) is 1. The highest BCUT2D eigenvalue weighted by molar-refractivity contribution is 5.41. The van der Waals surface area contributed by atoms with E-state index in [0.717, 1.165) is 0 Å². The minimum atomic E-state index is -0.112.